The molecule has 1 aromatic carbocycles. The lowest BCUT2D eigenvalue weighted by atomic mass is 9.94. The average Bonchev–Trinajstić information content (AvgIpc) is 2.45. The van der Waals surface area contributed by atoms with Crippen molar-refractivity contribution in [2.24, 2.45) is 0 Å². The molecule has 1 aliphatic heterocycles. The van der Waals surface area contributed by atoms with Gasteiger partial charge in [0.05, 0.1) is 19.3 Å². The Morgan fingerprint density at radius 3 is 2.71 bits per heavy atom. The van der Waals surface area contributed by atoms with Crippen LogP contribution in [-0.2, 0) is 9.53 Å². The lowest BCUT2D eigenvalue weighted by molar-refractivity contribution is -0.116. The molecule has 0 aromatic heterocycles. The molecule has 5 heteroatoms. The number of hydrogen-bond acceptors (Lipinski definition) is 4. The van der Waals surface area contributed by atoms with E-state index in [1.807, 2.05) is 24.3 Å². The molecule has 1 aliphatic rings. The average molecular weight is 292 g/mol. The Labute approximate surface area is 126 Å². The maximum Gasteiger partial charge on any atom is 0.238 e. The number of methoxy groups -OCH3 is 1. The Bertz CT molecular complexity index is 471. The fourth-order valence-electron chi connectivity index (χ4n) is 2.52. The first-order valence-corrected chi connectivity index (χ1v) is 7.30. The predicted molar refractivity (Wildman–Crippen MR) is 82.7 cm³/mol. The number of hydrogen-bond donors (Lipinski definition) is 2. The molecular weight excluding hydrogens is 268 g/mol. The Morgan fingerprint density at radius 1 is 1.38 bits per heavy atom. The molecule has 1 atom stereocenters. The van der Waals surface area contributed by atoms with Gasteiger partial charge in [-0.2, -0.15) is 0 Å². The van der Waals surface area contributed by atoms with Crippen molar-refractivity contribution in [3.8, 4) is 5.75 Å². The van der Waals surface area contributed by atoms with E-state index >= 15 is 0 Å². The predicted octanol–water partition coefficient (Wildman–Crippen LogP) is 2.18. The minimum Gasteiger partial charge on any atom is -0.497 e. The van der Waals surface area contributed by atoms with Gasteiger partial charge in [0, 0.05) is 18.3 Å². The zero-order chi connectivity index (χ0) is 15.3. The summed E-state index contributed by atoms with van der Waals surface area (Å²) in [7, 11) is 1.62. The second-order valence-electron chi connectivity index (χ2n) is 5.96. The summed E-state index contributed by atoms with van der Waals surface area (Å²) in [5.41, 5.74) is 0.664. The van der Waals surface area contributed by atoms with Gasteiger partial charge in [0.1, 0.15) is 5.75 Å². The van der Waals surface area contributed by atoms with Crippen LogP contribution in [0.2, 0.25) is 0 Å². The zero-order valence-corrected chi connectivity index (χ0v) is 12.9. The third kappa shape index (κ3) is 5.02. The number of amides is 1. The van der Waals surface area contributed by atoms with Crippen molar-refractivity contribution in [1.29, 1.82) is 0 Å². The van der Waals surface area contributed by atoms with Gasteiger partial charge in [-0.05, 0) is 51.0 Å². The van der Waals surface area contributed by atoms with E-state index in [4.69, 9.17) is 9.47 Å². The van der Waals surface area contributed by atoms with E-state index in [-0.39, 0.29) is 11.5 Å². The normalized spacial score (nSPS) is 20.8. The van der Waals surface area contributed by atoms with Crippen LogP contribution in [0.4, 0.5) is 5.69 Å². The Hall–Kier alpha value is -1.59. The van der Waals surface area contributed by atoms with E-state index in [1.54, 1.807) is 7.11 Å². The van der Waals surface area contributed by atoms with Crippen LogP contribution in [0.15, 0.2) is 24.3 Å². The zero-order valence-electron chi connectivity index (χ0n) is 12.9. The molecule has 2 rings (SSSR count). The highest BCUT2D eigenvalue weighted by atomic mass is 16.5. The summed E-state index contributed by atoms with van der Waals surface area (Å²) >= 11 is 0. The van der Waals surface area contributed by atoms with E-state index in [1.165, 1.54) is 0 Å². The Kier molecular flexibility index (Phi) is 5.20. The van der Waals surface area contributed by atoms with Crippen LogP contribution in [0.3, 0.4) is 0 Å². The topological polar surface area (TPSA) is 59.6 Å². The fourth-order valence-corrected chi connectivity index (χ4v) is 2.52. The first-order chi connectivity index (χ1) is 9.98. The highest BCUT2D eigenvalue weighted by Crippen LogP contribution is 2.23. The van der Waals surface area contributed by atoms with Crippen molar-refractivity contribution in [2.75, 3.05) is 25.6 Å². The van der Waals surface area contributed by atoms with Gasteiger partial charge in [0.25, 0.3) is 0 Å². The number of carbonyl (C=O) groups excluding carboxylic acids is 1. The minimum absolute atomic E-state index is 0.0375. The molecule has 0 saturated carbocycles. The Balaban J connectivity index is 1.76. The second kappa shape index (κ2) is 6.91. The number of nitrogens with one attached hydrogen (secondary N) is 2. The number of anilines is 1. The van der Waals surface area contributed by atoms with E-state index in [9.17, 15) is 4.79 Å². The number of benzene rings is 1. The third-order valence-electron chi connectivity index (χ3n) is 3.62. The van der Waals surface area contributed by atoms with E-state index < -0.39 is 0 Å². The SMILES string of the molecule is COc1ccc(NC(=O)CNC2CCOC(C)(C)C2)cc1. The summed E-state index contributed by atoms with van der Waals surface area (Å²) in [6.45, 7) is 5.22. The van der Waals surface area contributed by atoms with Crippen molar-refractivity contribution < 1.29 is 14.3 Å². The first kappa shape index (κ1) is 15.8. The lowest BCUT2D eigenvalue weighted by Gasteiger charge is -2.35. The van der Waals surface area contributed by atoms with E-state index in [0.29, 0.717) is 12.6 Å². The summed E-state index contributed by atoms with van der Waals surface area (Å²) in [5.74, 6) is 0.736. The number of rotatable bonds is 5. The van der Waals surface area contributed by atoms with Gasteiger partial charge < -0.3 is 20.1 Å². The molecule has 1 amide bonds. The van der Waals surface area contributed by atoms with E-state index in [2.05, 4.69) is 24.5 Å². The summed E-state index contributed by atoms with van der Waals surface area (Å²) in [6, 6.07) is 7.63. The third-order valence-corrected chi connectivity index (χ3v) is 3.62. The molecular formula is C16H24N2O3. The number of ether oxygens (including phenoxy) is 2. The number of carbonyl (C=O) groups is 1. The molecule has 1 unspecified atom stereocenters. The Morgan fingerprint density at radius 2 is 2.10 bits per heavy atom. The summed E-state index contributed by atoms with van der Waals surface area (Å²) in [5, 5.41) is 6.17. The van der Waals surface area contributed by atoms with Gasteiger partial charge >= 0.3 is 0 Å². The molecule has 1 heterocycles. The van der Waals surface area contributed by atoms with Crippen LogP contribution >= 0.6 is 0 Å². The van der Waals surface area contributed by atoms with Gasteiger partial charge in [0.15, 0.2) is 0 Å². The quantitative estimate of drug-likeness (QED) is 0.873. The monoisotopic (exact) mass is 292 g/mol. The molecule has 2 N–H and O–H groups in total. The molecule has 0 radical (unpaired) electrons. The maximum absolute atomic E-state index is 11.9. The summed E-state index contributed by atoms with van der Waals surface area (Å²) < 4.78 is 10.8. The second-order valence-corrected chi connectivity index (χ2v) is 5.96. The lowest BCUT2D eigenvalue weighted by Crippen LogP contribution is -2.45. The van der Waals surface area contributed by atoms with Gasteiger partial charge in [-0.25, -0.2) is 0 Å². The summed E-state index contributed by atoms with van der Waals surface area (Å²) in [4.78, 5) is 11.9. The molecule has 0 spiro atoms. The highest BCUT2D eigenvalue weighted by molar-refractivity contribution is 5.92. The van der Waals surface area contributed by atoms with Crippen LogP contribution in [-0.4, -0.2) is 37.8 Å². The van der Waals surface area contributed by atoms with Crippen LogP contribution in [0.25, 0.3) is 0 Å². The largest absolute Gasteiger partial charge is 0.497 e. The van der Waals surface area contributed by atoms with Crippen LogP contribution in [0.1, 0.15) is 26.7 Å². The van der Waals surface area contributed by atoms with Crippen LogP contribution in [0, 0.1) is 0 Å². The van der Waals surface area contributed by atoms with Gasteiger partial charge in [-0.3, -0.25) is 4.79 Å². The molecule has 5 nitrogen and oxygen atoms in total. The van der Waals surface area contributed by atoms with Crippen LogP contribution < -0.4 is 15.4 Å². The van der Waals surface area contributed by atoms with E-state index in [0.717, 1.165) is 30.9 Å². The van der Waals surface area contributed by atoms with Crippen molar-refractivity contribution in [3.63, 3.8) is 0 Å². The summed E-state index contributed by atoms with van der Waals surface area (Å²) in [6.07, 6.45) is 1.86. The molecule has 116 valence electrons. The van der Waals surface area contributed by atoms with Crippen molar-refractivity contribution in [2.45, 2.75) is 38.3 Å². The van der Waals surface area contributed by atoms with Crippen molar-refractivity contribution in [3.05, 3.63) is 24.3 Å². The fraction of sp³-hybridized carbons (Fsp3) is 0.562. The maximum atomic E-state index is 11.9. The van der Waals surface area contributed by atoms with Gasteiger partial charge in [0.2, 0.25) is 5.91 Å². The highest BCUT2D eigenvalue weighted by Gasteiger charge is 2.28. The molecule has 1 fully saturated rings. The molecule has 0 aliphatic carbocycles. The molecule has 1 aromatic rings. The minimum atomic E-state index is -0.109. The smallest absolute Gasteiger partial charge is 0.238 e. The molecule has 21 heavy (non-hydrogen) atoms. The molecule has 1 saturated heterocycles. The van der Waals surface area contributed by atoms with Crippen molar-refractivity contribution in [1.82, 2.24) is 5.32 Å². The van der Waals surface area contributed by atoms with Crippen LogP contribution in [0.5, 0.6) is 5.75 Å². The molecule has 0 bridgehead atoms. The van der Waals surface area contributed by atoms with Gasteiger partial charge in [-0.15, -0.1) is 0 Å². The first-order valence-electron chi connectivity index (χ1n) is 7.30. The van der Waals surface area contributed by atoms with Crippen molar-refractivity contribution >= 4 is 11.6 Å². The standard InChI is InChI=1S/C16H24N2O3/c1-16(2)10-13(8-9-21-16)17-11-15(19)18-12-4-6-14(20-3)7-5-12/h4-7,13,17H,8-11H2,1-3H3,(H,18,19). The van der Waals surface area contributed by atoms with Gasteiger partial charge in [-0.1, -0.05) is 0 Å².